The van der Waals surface area contributed by atoms with E-state index in [1.165, 1.54) is 0 Å². The minimum atomic E-state index is -0.734. The minimum Gasteiger partial charge on any atom is -0.490 e. The number of nitrogen functional groups attached to an aromatic ring is 1. The Morgan fingerprint density at radius 1 is 0.704 bits per heavy atom. The number of anilines is 1. The van der Waals surface area contributed by atoms with Crippen molar-refractivity contribution in [1.29, 1.82) is 0 Å². The average Bonchev–Trinajstić information content (AvgIpc) is 2.72. The van der Waals surface area contributed by atoms with Crippen molar-refractivity contribution >= 4 is 5.69 Å². The smallest absolute Gasteiger partial charge is 0.142 e. The van der Waals surface area contributed by atoms with Crippen molar-refractivity contribution in [3.63, 3.8) is 0 Å². The van der Waals surface area contributed by atoms with Gasteiger partial charge < -0.3 is 25.4 Å². The van der Waals surface area contributed by atoms with Gasteiger partial charge >= 0.3 is 0 Å². The molecule has 0 fully saturated rings. The van der Waals surface area contributed by atoms with Crippen LogP contribution in [0.5, 0.6) is 11.5 Å². The molecule has 0 spiro atoms. The van der Waals surface area contributed by atoms with Crippen molar-refractivity contribution in [3.8, 4) is 11.5 Å². The van der Waals surface area contributed by atoms with Crippen LogP contribution in [-0.4, -0.2) is 23.4 Å². The highest BCUT2D eigenvalue weighted by Gasteiger charge is 2.11. The van der Waals surface area contributed by atoms with Gasteiger partial charge in [-0.05, 0) is 23.3 Å². The first kappa shape index (κ1) is 18.8. The van der Waals surface area contributed by atoms with Gasteiger partial charge in [0.15, 0.2) is 0 Å². The van der Waals surface area contributed by atoms with Crippen LogP contribution in [-0.2, 0) is 0 Å². The molecule has 2 unspecified atom stereocenters. The van der Waals surface area contributed by atoms with Gasteiger partial charge in [-0.1, -0.05) is 60.7 Å². The summed E-state index contributed by atoms with van der Waals surface area (Å²) in [4.78, 5) is 0. The van der Waals surface area contributed by atoms with Crippen molar-refractivity contribution in [2.45, 2.75) is 12.2 Å². The molecule has 0 amide bonds. The Balaban J connectivity index is 1.54. The molecule has 0 bridgehead atoms. The zero-order valence-electron chi connectivity index (χ0n) is 14.9. The summed E-state index contributed by atoms with van der Waals surface area (Å²) in [5.41, 5.74) is 7.99. The topological polar surface area (TPSA) is 84.9 Å². The van der Waals surface area contributed by atoms with Crippen LogP contribution in [0.2, 0.25) is 0 Å². The molecule has 27 heavy (non-hydrogen) atoms. The number of benzene rings is 3. The Hall–Kier alpha value is -3.02. The van der Waals surface area contributed by atoms with Gasteiger partial charge in [0.25, 0.3) is 0 Å². The van der Waals surface area contributed by atoms with E-state index >= 15 is 0 Å². The van der Waals surface area contributed by atoms with E-state index in [1.54, 1.807) is 18.2 Å². The fourth-order valence-electron chi connectivity index (χ4n) is 2.63. The van der Waals surface area contributed by atoms with Crippen LogP contribution in [0.15, 0.2) is 78.9 Å². The molecule has 0 aliphatic heterocycles. The fourth-order valence-corrected chi connectivity index (χ4v) is 2.63. The van der Waals surface area contributed by atoms with Crippen LogP contribution in [0.1, 0.15) is 23.3 Å². The fraction of sp³-hybridized carbons (Fsp3) is 0.182. The maximum absolute atomic E-state index is 10.2. The van der Waals surface area contributed by atoms with Gasteiger partial charge in [0, 0.05) is 6.07 Å². The Labute approximate surface area is 158 Å². The predicted octanol–water partition coefficient (Wildman–Crippen LogP) is 3.49. The first-order valence-corrected chi connectivity index (χ1v) is 8.74. The third-order valence-corrected chi connectivity index (χ3v) is 4.15. The molecule has 140 valence electrons. The maximum atomic E-state index is 10.2. The molecule has 3 aromatic rings. The molecular formula is C22H23NO4. The quantitative estimate of drug-likeness (QED) is 0.532. The second-order valence-corrected chi connectivity index (χ2v) is 6.17. The Morgan fingerprint density at radius 3 is 1.74 bits per heavy atom. The van der Waals surface area contributed by atoms with E-state index < -0.39 is 12.2 Å². The SMILES string of the molecule is Nc1cc(OCC(O)c2ccccc2)ccc1OCC(O)c1ccccc1. The van der Waals surface area contributed by atoms with E-state index in [1.807, 2.05) is 60.7 Å². The number of rotatable bonds is 8. The summed E-state index contributed by atoms with van der Waals surface area (Å²) in [6.07, 6.45) is -1.45. The second kappa shape index (κ2) is 9.07. The molecule has 0 aliphatic carbocycles. The first-order valence-electron chi connectivity index (χ1n) is 8.74. The maximum Gasteiger partial charge on any atom is 0.142 e. The van der Waals surface area contributed by atoms with Crippen molar-refractivity contribution in [2.75, 3.05) is 18.9 Å². The van der Waals surface area contributed by atoms with E-state index in [-0.39, 0.29) is 13.2 Å². The van der Waals surface area contributed by atoms with Crippen LogP contribution in [0.4, 0.5) is 5.69 Å². The molecule has 0 radical (unpaired) electrons. The Morgan fingerprint density at radius 2 is 1.22 bits per heavy atom. The number of hydrogen-bond donors (Lipinski definition) is 3. The van der Waals surface area contributed by atoms with Crippen LogP contribution >= 0.6 is 0 Å². The highest BCUT2D eigenvalue weighted by atomic mass is 16.5. The molecule has 3 aromatic carbocycles. The van der Waals surface area contributed by atoms with Gasteiger partial charge in [-0.15, -0.1) is 0 Å². The summed E-state index contributed by atoms with van der Waals surface area (Å²) >= 11 is 0. The Kier molecular flexibility index (Phi) is 6.30. The van der Waals surface area contributed by atoms with Crippen LogP contribution in [0, 0.1) is 0 Å². The molecule has 3 rings (SSSR count). The third-order valence-electron chi connectivity index (χ3n) is 4.15. The first-order chi connectivity index (χ1) is 13.1. The van der Waals surface area contributed by atoms with Crippen LogP contribution in [0.25, 0.3) is 0 Å². The summed E-state index contributed by atoms with van der Waals surface area (Å²) < 4.78 is 11.2. The van der Waals surface area contributed by atoms with Gasteiger partial charge in [0.1, 0.15) is 36.9 Å². The molecule has 5 heteroatoms. The largest absolute Gasteiger partial charge is 0.490 e. The minimum absolute atomic E-state index is 0.0984. The monoisotopic (exact) mass is 365 g/mol. The molecule has 5 nitrogen and oxygen atoms in total. The summed E-state index contributed by atoms with van der Waals surface area (Å²) in [6.45, 7) is 0.220. The number of ether oxygens (including phenoxy) is 2. The van der Waals surface area contributed by atoms with Gasteiger partial charge in [-0.2, -0.15) is 0 Å². The van der Waals surface area contributed by atoms with E-state index in [9.17, 15) is 10.2 Å². The zero-order valence-corrected chi connectivity index (χ0v) is 14.9. The van der Waals surface area contributed by atoms with Crippen LogP contribution < -0.4 is 15.2 Å². The van der Waals surface area contributed by atoms with Crippen molar-refractivity contribution in [1.82, 2.24) is 0 Å². The molecule has 0 saturated heterocycles. The lowest BCUT2D eigenvalue weighted by Crippen LogP contribution is -2.11. The highest BCUT2D eigenvalue weighted by Crippen LogP contribution is 2.28. The number of aliphatic hydroxyl groups excluding tert-OH is 2. The molecular weight excluding hydrogens is 342 g/mol. The molecule has 0 saturated carbocycles. The van der Waals surface area contributed by atoms with E-state index in [2.05, 4.69) is 0 Å². The molecule has 0 aliphatic rings. The lowest BCUT2D eigenvalue weighted by molar-refractivity contribution is 0.106. The summed E-state index contributed by atoms with van der Waals surface area (Å²) in [5, 5.41) is 20.3. The van der Waals surface area contributed by atoms with Crippen molar-refractivity contribution in [2.24, 2.45) is 0 Å². The lowest BCUT2D eigenvalue weighted by atomic mass is 10.1. The third kappa shape index (κ3) is 5.23. The molecule has 0 aromatic heterocycles. The van der Waals surface area contributed by atoms with E-state index in [4.69, 9.17) is 15.2 Å². The van der Waals surface area contributed by atoms with Crippen molar-refractivity contribution in [3.05, 3.63) is 90.0 Å². The Bertz CT molecular complexity index is 839. The van der Waals surface area contributed by atoms with Gasteiger partial charge in [-0.3, -0.25) is 0 Å². The van der Waals surface area contributed by atoms with Gasteiger partial charge in [0.05, 0.1) is 5.69 Å². The normalized spacial score (nSPS) is 13.0. The number of aliphatic hydroxyl groups is 2. The zero-order chi connectivity index (χ0) is 19.1. The standard InChI is InChI=1S/C22H23NO4/c23-19-13-18(26-14-20(24)16-7-3-1-4-8-16)11-12-22(19)27-15-21(25)17-9-5-2-6-10-17/h1-13,20-21,24-25H,14-15,23H2. The lowest BCUT2D eigenvalue weighted by Gasteiger charge is -2.16. The van der Waals surface area contributed by atoms with Gasteiger partial charge in [0.2, 0.25) is 0 Å². The van der Waals surface area contributed by atoms with E-state index in [0.29, 0.717) is 17.2 Å². The summed E-state index contributed by atoms with van der Waals surface area (Å²) in [5.74, 6) is 1.01. The number of hydrogen-bond acceptors (Lipinski definition) is 5. The molecule has 4 N–H and O–H groups in total. The summed E-state index contributed by atoms with van der Waals surface area (Å²) in [7, 11) is 0. The van der Waals surface area contributed by atoms with E-state index in [0.717, 1.165) is 11.1 Å². The summed E-state index contributed by atoms with van der Waals surface area (Å²) in [6, 6.07) is 23.7. The predicted molar refractivity (Wildman–Crippen MR) is 105 cm³/mol. The molecule has 0 heterocycles. The average molecular weight is 365 g/mol. The molecule has 2 atom stereocenters. The number of nitrogens with two attached hydrogens (primary N) is 1. The van der Waals surface area contributed by atoms with Crippen molar-refractivity contribution < 1.29 is 19.7 Å². The highest BCUT2D eigenvalue weighted by molar-refractivity contribution is 5.56. The van der Waals surface area contributed by atoms with Crippen LogP contribution in [0.3, 0.4) is 0 Å². The van der Waals surface area contributed by atoms with Gasteiger partial charge in [-0.25, -0.2) is 0 Å². The second-order valence-electron chi connectivity index (χ2n) is 6.17.